The number of amides is 1. The number of aromatic nitrogens is 2. The van der Waals surface area contributed by atoms with Crippen molar-refractivity contribution in [3.63, 3.8) is 0 Å². The molecule has 0 atom stereocenters. The molecule has 2 aromatic rings. The van der Waals surface area contributed by atoms with E-state index in [0.717, 1.165) is 26.2 Å². The highest BCUT2D eigenvalue weighted by molar-refractivity contribution is 5.92. The highest BCUT2D eigenvalue weighted by atomic mass is 16.2. The number of aromatic amines is 1. The largest absolute Gasteiger partial charge is 0.334 e. The highest BCUT2D eigenvalue weighted by Crippen LogP contribution is 2.37. The third kappa shape index (κ3) is 3.33. The predicted octanol–water partition coefficient (Wildman–Crippen LogP) is 3.07. The van der Waals surface area contributed by atoms with Crippen LogP contribution in [0, 0.1) is 0 Å². The molecule has 5 heteroatoms. The normalized spacial score (nSPS) is 20.7. The first-order chi connectivity index (χ1) is 12.3. The van der Waals surface area contributed by atoms with Crippen LogP contribution < -0.4 is 0 Å². The van der Waals surface area contributed by atoms with E-state index in [1.54, 1.807) is 12.3 Å². The number of hydrogen-bond acceptors (Lipinski definition) is 3. The number of carbonyl (C=O) groups is 1. The molecule has 1 aliphatic carbocycles. The summed E-state index contributed by atoms with van der Waals surface area (Å²) in [6.45, 7) is 3.53. The van der Waals surface area contributed by atoms with E-state index in [2.05, 4.69) is 45.4 Å². The number of benzene rings is 1. The van der Waals surface area contributed by atoms with Crippen LogP contribution in [-0.4, -0.2) is 51.1 Å². The molecular formula is C20H26N4O. The van der Waals surface area contributed by atoms with Crippen molar-refractivity contribution in [3.05, 3.63) is 53.9 Å². The van der Waals surface area contributed by atoms with Crippen LogP contribution in [0.25, 0.3) is 0 Å². The number of H-pyrrole nitrogens is 1. The van der Waals surface area contributed by atoms with Crippen molar-refractivity contribution >= 4 is 5.91 Å². The van der Waals surface area contributed by atoms with Gasteiger partial charge in [-0.25, -0.2) is 0 Å². The molecule has 1 aromatic heterocycles. The smallest absolute Gasteiger partial charge is 0.271 e. The fourth-order valence-corrected chi connectivity index (χ4v) is 4.47. The lowest BCUT2D eigenvalue weighted by Gasteiger charge is -2.53. The van der Waals surface area contributed by atoms with Crippen LogP contribution in [-0.2, 0) is 6.54 Å². The molecule has 25 heavy (non-hydrogen) atoms. The molecule has 5 nitrogen and oxygen atoms in total. The summed E-state index contributed by atoms with van der Waals surface area (Å²) >= 11 is 0. The average molecular weight is 338 g/mol. The van der Waals surface area contributed by atoms with Gasteiger partial charge in [0, 0.05) is 37.9 Å². The number of nitrogens with zero attached hydrogens (tertiary/aromatic N) is 3. The van der Waals surface area contributed by atoms with E-state index in [-0.39, 0.29) is 11.4 Å². The Balaban J connectivity index is 1.54. The molecule has 132 valence electrons. The van der Waals surface area contributed by atoms with E-state index < -0.39 is 0 Å². The topological polar surface area (TPSA) is 52.2 Å². The molecule has 1 aromatic carbocycles. The fourth-order valence-electron chi connectivity index (χ4n) is 4.47. The van der Waals surface area contributed by atoms with Crippen molar-refractivity contribution in [2.75, 3.05) is 19.6 Å². The molecule has 4 rings (SSSR count). The van der Waals surface area contributed by atoms with Gasteiger partial charge >= 0.3 is 0 Å². The molecule has 0 bridgehead atoms. The van der Waals surface area contributed by atoms with Gasteiger partial charge in [0.1, 0.15) is 5.69 Å². The van der Waals surface area contributed by atoms with E-state index in [0.29, 0.717) is 5.69 Å². The summed E-state index contributed by atoms with van der Waals surface area (Å²) in [4.78, 5) is 17.5. The van der Waals surface area contributed by atoms with Crippen molar-refractivity contribution in [2.24, 2.45) is 0 Å². The zero-order chi connectivity index (χ0) is 17.1. The fraction of sp³-hybridized carbons (Fsp3) is 0.500. The molecule has 0 radical (unpaired) electrons. The number of piperazine rings is 1. The van der Waals surface area contributed by atoms with E-state index in [9.17, 15) is 4.79 Å². The Hall–Kier alpha value is -2.14. The second-order valence-electron chi connectivity index (χ2n) is 7.39. The van der Waals surface area contributed by atoms with Crippen LogP contribution >= 0.6 is 0 Å². The van der Waals surface area contributed by atoms with Gasteiger partial charge in [-0.1, -0.05) is 49.6 Å². The zero-order valence-corrected chi connectivity index (χ0v) is 14.7. The molecule has 2 fully saturated rings. The van der Waals surface area contributed by atoms with Gasteiger partial charge < -0.3 is 4.90 Å². The quantitative estimate of drug-likeness (QED) is 0.936. The molecule has 1 amide bonds. The summed E-state index contributed by atoms with van der Waals surface area (Å²) in [6.07, 6.45) is 7.86. The second kappa shape index (κ2) is 7.00. The Morgan fingerprint density at radius 2 is 1.88 bits per heavy atom. The van der Waals surface area contributed by atoms with Gasteiger partial charge in [0.25, 0.3) is 5.91 Å². The Morgan fingerprint density at radius 1 is 1.08 bits per heavy atom. The number of carbonyl (C=O) groups excluding carboxylic acids is 1. The number of hydrogen-bond donors (Lipinski definition) is 1. The zero-order valence-electron chi connectivity index (χ0n) is 14.7. The van der Waals surface area contributed by atoms with Crippen LogP contribution in [0.4, 0.5) is 0 Å². The third-order valence-corrected chi connectivity index (χ3v) is 5.81. The van der Waals surface area contributed by atoms with Crippen LogP contribution in [0.3, 0.4) is 0 Å². The lowest BCUT2D eigenvalue weighted by molar-refractivity contribution is -0.0254. The second-order valence-corrected chi connectivity index (χ2v) is 7.39. The monoisotopic (exact) mass is 338 g/mol. The molecule has 2 aliphatic rings. The molecule has 2 heterocycles. The molecule has 1 spiro atoms. The Morgan fingerprint density at radius 3 is 2.60 bits per heavy atom. The highest BCUT2D eigenvalue weighted by Gasteiger charge is 2.43. The van der Waals surface area contributed by atoms with Gasteiger partial charge in [0.2, 0.25) is 0 Å². The van der Waals surface area contributed by atoms with E-state index in [1.165, 1.54) is 37.7 Å². The number of nitrogens with one attached hydrogen (secondary N) is 1. The lowest BCUT2D eigenvalue weighted by Crippen LogP contribution is -2.63. The minimum Gasteiger partial charge on any atom is -0.334 e. The lowest BCUT2D eigenvalue weighted by atomic mass is 9.78. The molecular weight excluding hydrogens is 312 g/mol. The molecule has 1 saturated carbocycles. The summed E-state index contributed by atoms with van der Waals surface area (Å²) < 4.78 is 0. The molecule has 1 saturated heterocycles. The third-order valence-electron chi connectivity index (χ3n) is 5.81. The van der Waals surface area contributed by atoms with Crippen molar-refractivity contribution in [2.45, 2.75) is 44.2 Å². The average Bonchev–Trinajstić information content (AvgIpc) is 3.19. The maximum absolute atomic E-state index is 12.8. The molecule has 1 aliphatic heterocycles. The van der Waals surface area contributed by atoms with E-state index in [4.69, 9.17) is 0 Å². The van der Waals surface area contributed by atoms with Gasteiger partial charge in [0.15, 0.2) is 0 Å². The Kier molecular flexibility index (Phi) is 4.57. The standard InChI is InChI=1S/C20H26N4O/c25-19(18-9-12-21-22-18)23-13-14-24(15-17-7-3-1-4-8-17)20(16-23)10-5-2-6-11-20/h1,3-4,7-9,12H,2,5-6,10-11,13-16H2,(H,21,22). The van der Waals surface area contributed by atoms with Gasteiger partial charge in [-0.05, 0) is 24.5 Å². The van der Waals surface area contributed by atoms with E-state index >= 15 is 0 Å². The summed E-state index contributed by atoms with van der Waals surface area (Å²) in [6, 6.07) is 12.5. The van der Waals surface area contributed by atoms with Gasteiger partial charge in [0.05, 0.1) is 0 Å². The van der Waals surface area contributed by atoms with Crippen LogP contribution in [0.5, 0.6) is 0 Å². The first kappa shape index (κ1) is 16.3. The van der Waals surface area contributed by atoms with Crippen LogP contribution in [0.1, 0.15) is 48.2 Å². The number of rotatable bonds is 3. The summed E-state index contributed by atoms with van der Waals surface area (Å²) in [7, 11) is 0. The first-order valence-corrected chi connectivity index (χ1v) is 9.34. The minimum absolute atomic E-state index is 0.0850. The Labute approximate surface area is 149 Å². The maximum atomic E-state index is 12.8. The first-order valence-electron chi connectivity index (χ1n) is 9.34. The van der Waals surface area contributed by atoms with E-state index in [1.807, 2.05) is 4.90 Å². The van der Waals surface area contributed by atoms with Gasteiger partial charge in [-0.15, -0.1) is 0 Å². The summed E-state index contributed by atoms with van der Waals surface area (Å²) in [5.41, 5.74) is 2.09. The van der Waals surface area contributed by atoms with Crippen LogP contribution in [0.2, 0.25) is 0 Å². The van der Waals surface area contributed by atoms with Crippen molar-refractivity contribution in [1.29, 1.82) is 0 Å². The van der Waals surface area contributed by atoms with Crippen LogP contribution in [0.15, 0.2) is 42.6 Å². The maximum Gasteiger partial charge on any atom is 0.271 e. The van der Waals surface area contributed by atoms with Crippen molar-refractivity contribution < 1.29 is 4.79 Å². The summed E-state index contributed by atoms with van der Waals surface area (Å²) in [5, 5.41) is 6.75. The summed E-state index contributed by atoms with van der Waals surface area (Å²) in [5.74, 6) is 0.0850. The van der Waals surface area contributed by atoms with Crippen molar-refractivity contribution in [1.82, 2.24) is 20.0 Å². The van der Waals surface area contributed by atoms with Gasteiger partial charge in [-0.3, -0.25) is 14.8 Å². The SMILES string of the molecule is O=C(c1ccn[nH]1)N1CCN(Cc2ccccc2)C2(CCCCC2)C1. The minimum atomic E-state index is 0.0850. The Bertz CT molecular complexity index is 692. The predicted molar refractivity (Wildman–Crippen MR) is 97.2 cm³/mol. The molecule has 0 unspecified atom stereocenters. The van der Waals surface area contributed by atoms with Crippen molar-refractivity contribution in [3.8, 4) is 0 Å². The van der Waals surface area contributed by atoms with Gasteiger partial charge in [-0.2, -0.15) is 5.10 Å². The molecule has 1 N–H and O–H groups in total.